The maximum atomic E-state index is 12.9. The highest BCUT2D eigenvalue weighted by Crippen LogP contribution is 2.25. The average Bonchev–Trinajstić information content (AvgIpc) is 2.60. The zero-order valence-corrected chi connectivity index (χ0v) is 13.7. The van der Waals surface area contributed by atoms with E-state index in [0.717, 1.165) is 48.9 Å². The Balaban J connectivity index is 1.63. The zero-order valence-electron chi connectivity index (χ0n) is 13.7. The second-order valence-corrected chi connectivity index (χ2v) is 6.97. The van der Waals surface area contributed by atoms with Gasteiger partial charge >= 0.3 is 5.97 Å². The van der Waals surface area contributed by atoms with Crippen LogP contribution in [0.5, 0.6) is 0 Å². The molecule has 1 N–H and O–H groups in total. The highest BCUT2D eigenvalue weighted by Gasteiger charge is 2.25. The van der Waals surface area contributed by atoms with E-state index in [1.807, 2.05) is 10.6 Å². The van der Waals surface area contributed by atoms with Crippen LogP contribution in [0.15, 0.2) is 29.1 Å². The van der Waals surface area contributed by atoms with Gasteiger partial charge in [-0.05, 0) is 55.8 Å². The number of benzene rings is 1. The van der Waals surface area contributed by atoms with E-state index in [4.69, 9.17) is 5.11 Å². The van der Waals surface area contributed by atoms with Gasteiger partial charge in [-0.3, -0.25) is 14.5 Å². The van der Waals surface area contributed by atoms with Crippen LogP contribution in [0.25, 0.3) is 10.9 Å². The number of carbonyl (C=O) groups is 1. The number of pyridine rings is 1. The predicted molar refractivity (Wildman–Crippen MR) is 92.2 cm³/mol. The highest BCUT2D eigenvalue weighted by molar-refractivity contribution is 5.83. The van der Waals surface area contributed by atoms with Crippen LogP contribution >= 0.6 is 0 Å². The molecule has 5 heteroatoms. The Morgan fingerprint density at radius 1 is 1.21 bits per heavy atom. The molecule has 1 aromatic carbocycles. The molecule has 2 aliphatic rings. The summed E-state index contributed by atoms with van der Waals surface area (Å²) in [5, 5.41) is 10.2. The number of aliphatic carboxylic acids is 1. The number of hydrogen-bond donors (Lipinski definition) is 1. The van der Waals surface area contributed by atoms with Crippen LogP contribution < -0.4 is 5.56 Å². The monoisotopic (exact) mass is 326 g/mol. The lowest BCUT2D eigenvalue weighted by molar-refractivity contribution is -0.143. The summed E-state index contributed by atoms with van der Waals surface area (Å²) < 4.78 is 1.94. The molecular formula is C19H22N2O3. The lowest BCUT2D eigenvalue weighted by Crippen LogP contribution is -2.38. The summed E-state index contributed by atoms with van der Waals surface area (Å²) in [5.74, 6) is -0.931. The Kier molecular flexibility index (Phi) is 3.88. The fourth-order valence-electron chi connectivity index (χ4n) is 4.12. The topological polar surface area (TPSA) is 62.5 Å². The molecule has 5 nitrogen and oxygen atoms in total. The van der Waals surface area contributed by atoms with Gasteiger partial charge in [0.25, 0.3) is 5.56 Å². The van der Waals surface area contributed by atoms with Gasteiger partial charge in [0, 0.05) is 18.7 Å². The number of rotatable bonds is 3. The third kappa shape index (κ3) is 2.63. The molecule has 3 heterocycles. The second kappa shape index (κ2) is 6.06. The van der Waals surface area contributed by atoms with Crippen LogP contribution in [-0.2, 0) is 24.3 Å². The molecule has 0 amide bonds. The van der Waals surface area contributed by atoms with E-state index in [0.29, 0.717) is 19.4 Å². The van der Waals surface area contributed by atoms with Crippen molar-refractivity contribution in [3.63, 3.8) is 0 Å². The third-order valence-electron chi connectivity index (χ3n) is 5.43. The molecule has 0 aliphatic carbocycles. The van der Waals surface area contributed by atoms with Gasteiger partial charge in [0.1, 0.15) is 0 Å². The van der Waals surface area contributed by atoms with Crippen LogP contribution in [0.4, 0.5) is 0 Å². The molecule has 0 radical (unpaired) electrons. The summed E-state index contributed by atoms with van der Waals surface area (Å²) in [7, 11) is 0. The molecule has 2 aromatic rings. The van der Waals surface area contributed by atoms with Crippen molar-refractivity contribution in [2.45, 2.75) is 38.8 Å². The van der Waals surface area contributed by atoms with Crippen molar-refractivity contribution >= 4 is 16.9 Å². The summed E-state index contributed by atoms with van der Waals surface area (Å²) in [6.45, 7) is 2.90. The van der Waals surface area contributed by atoms with Gasteiger partial charge in [0.2, 0.25) is 0 Å². The first-order chi connectivity index (χ1) is 11.6. The van der Waals surface area contributed by atoms with E-state index in [1.54, 1.807) is 0 Å². The number of likely N-dealkylation sites (tertiary alicyclic amines) is 1. The number of aryl methyl sites for hydroxylation is 2. The van der Waals surface area contributed by atoms with Crippen LogP contribution in [0.3, 0.4) is 0 Å². The number of carboxylic acid groups (broad SMARTS) is 1. The molecule has 126 valence electrons. The molecular weight excluding hydrogens is 304 g/mol. The van der Waals surface area contributed by atoms with Crippen molar-refractivity contribution < 1.29 is 9.90 Å². The number of nitrogens with zero attached hydrogens (tertiary/aromatic N) is 2. The first kappa shape index (κ1) is 15.4. The molecule has 24 heavy (non-hydrogen) atoms. The Labute approximate surface area is 140 Å². The maximum Gasteiger partial charge on any atom is 0.306 e. The summed E-state index contributed by atoms with van der Waals surface area (Å²) in [5.41, 5.74) is 3.32. The Bertz CT molecular complexity index is 848. The van der Waals surface area contributed by atoms with E-state index in [9.17, 15) is 9.59 Å². The summed E-state index contributed by atoms with van der Waals surface area (Å²) in [6.07, 6.45) is 3.39. The van der Waals surface area contributed by atoms with E-state index < -0.39 is 5.97 Å². The van der Waals surface area contributed by atoms with Gasteiger partial charge in [-0.2, -0.15) is 0 Å². The van der Waals surface area contributed by atoms with Gasteiger partial charge in [-0.15, -0.1) is 0 Å². The number of carboxylic acids is 1. The van der Waals surface area contributed by atoms with E-state index in [1.165, 1.54) is 5.56 Å². The number of aromatic nitrogens is 1. The molecule has 4 rings (SSSR count). The molecule has 1 saturated heterocycles. The average molecular weight is 326 g/mol. The van der Waals surface area contributed by atoms with Crippen molar-refractivity contribution in [3.05, 3.63) is 45.7 Å². The van der Waals surface area contributed by atoms with E-state index in [-0.39, 0.29) is 11.5 Å². The van der Waals surface area contributed by atoms with E-state index >= 15 is 0 Å². The lowest BCUT2D eigenvalue weighted by Gasteiger charge is -2.30. The van der Waals surface area contributed by atoms with Crippen LogP contribution in [0.2, 0.25) is 0 Å². The van der Waals surface area contributed by atoms with Crippen LogP contribution in [-0.4, -0.2) is 33.6 Å². The molecule has 0 atom stereocenters. The summed E-state index contributed by atoms with van der Waals surface area (Å²) in [4.78, 5) is 26.2. The Morgan fingerprint density at radius 2 is 2.00 bits per heavy atom. The quantitative estimate of drug-likeness (QED) is 0.940. The van der Waals surface area contributed by atoms with Crippen molar-refractivity contribution in [3.8, 4) is 0 Å². The minimum atomic E-state index is -0.697. The predicted octanol–water partition coefficient (Wildman–Crippen LogP) is 2.24. The molecule has 0 saturated carbocycles. The Hall–Kier alpha value is -2.14. The molecule has 2 aliphatic heterocycles. The van der Waals surface area contributed by atoms with Gasteiger partial charge in [0.15, 0.2) is 0 Å². The van der Waals surface area contributed by atoms with Crippen molar-refractivity contribution in [1.29, 1.82) is 0 Å². The van der Waals surface area contributed by atoms with Crippen LogP contribution in [0, 0.1) is 5.92 Å². The molecule has 0 unspecified atom stereocenters. The SMILES string of the molecule is O=C(O)C1CCN(Cc2cc3cccc4c3n(c2=O)CCC4)CC1. The van der Waals surface area contributed by atoms with Crippen molar-refractivity contribution in [2.75, 3.05) is 13.1 Å². The molecule has 0 bridgehead atoms. The fraction of sp³-hybridized carbons (Fsp3) is 0.474. The maximum absolute atomic E-state index is 12.9. The minimum absolute atomic E-state index is 0.120. The standard InChI is InChI=1S/C19H22N2O3/c22-18-16(12-20-9-6-14(7-10-20)19(23)24)11-15-4-1-3-13-5-2-8-21(18)17(13)15/h1,3-4,11,14H,2,5-10,12H2,(H,23,24). The fourth-order valence-corrected chi connectivity index (χ4v) is 4.12. The van der Waals surface area contributed by atoms with Gasteiger partial charge in [-0.1, -0.05) is 18.2 Å². The zero-order chi connectivity index (χ0) is 16.7. The second-order valence-electron chi connectivity index (χ2n) is 6.97. The normalized spacial score (nSPS) is 18.8. The van der Waals surface area contributed by atoms with Gasteiger partial charge in [-0.25, -0.2) is 0 Å². The number of piperidine rings is 1. The lowest BCUT2D eigenvalue weighted by atomic mass is 9.96. The minimum Gasteiger partial charge on any atom is -0.481 e. The third-order valence-corrected chi connectivity index (χ3v) is 5.43. The van der Waals surface area contributed by atoms with Crippen molar-refractivity contribution in [1.82, 2.24) is 9.47 Å². The van der Waals surface area contributed by atoms with Crippen molar-refractivity contribution in [2.24, 2.45) is 5.92 Å². The molecule has 1 aromatic heterocycles. The van der Waals surface area contributed by atoms with Gasteiger partial charge in [0.05, 0.1) is 11.4 Å². The largest absolute Gasteiger partial charge is 0.481 e. The van der Waals surface area contributed by atoms with E-state index in [2.05, 4.69) is 23.1 Å². The van der Waals surface area contributed by atoms with Crippen LogP contribution in [0.1, 0.15) is 30.4 Å². The van der Waals surface area contributed by atoms with Gasteiger partial charge < -0.3 is 9.67 Å². The Morgan fingerprint density at radius 3 is 2.75 bits per heavy atom. The first-order valence-electron chi connectivity index (χ1n) is 8.73. The smallest absolute Gasteiger partial charge is 0.306 e. The summed E-state index contributed by atoms with van der Waals surface area (Å²) in [6, 6.07) is 8.31. The number of hydrogen-bond acceptors (Lipinski definition) is 3. The first-order valence-corrected chi connectivity index (χ1v) is 8.73. The number of para-hydroxylation sites is 1. The molecule has 0 spiro atoms. The molecule has 1 fully saturated rings. The summed E-state index contributed by atoms with van der Waals surface area (Å²) >= 11 is 0. The highest BCUT2D eigenvalue weighted by atomic mass is 16.4.